The fourth-order valence-electron chi connectivity index (χ4n) is 2.97. The molecule has 1 spiro atoms. The highest BCUT2D eigenvalue weighted by molar-refractivity contribution is 8.02. The lowest BCUT2D eigenvalue weighted by atomic mass is 10.0. The Morgan fingerprint density at radius 1 is 1.09 bits per heavy atom. The van der Waals surface area contributed by atoms with Gasteiger partial charge in [0.15, 0.2) is 0 Å². The van der Waals surface area contributed by atoms with Crippen LogP contribution in [0.4, 0.5) is 11.4 Å². The maximum Gasteiger partial charge on any atom is 0.266 e. The number of nitrogens with one attached hydrogen (secondary N) is 1. The molecule has 1 atom stereocenters. The van der Waals surface area contributed by atoms with Crippen LogP contribution in [0.25, 0.3) is 0 Å². The lowest BCUT2D eigenvalue weighted by Crippen LogP contribution is -2.47. The van der Waals surface area contributed by atoms with E-state index in [9.17, 15) is 9.59 Å². The average molecular weight is 331 g/mol. The van der Waals surface area contributed by atoms with E-state index in [1.165, 1.54) is 11.8 Å². The minimum atomic E-state index is -1.03. The summed E-state index contributed by atoms with van der Waals surface area (Å²) in [5.41, 5.74) is 2.26. The summed E-state index contributed by atoms with van der Waals surface area (Å²) in [6.45, 7) is 0. The van der Waals surface area contributed by atoms with E-state index in [0.29, 0.717) is 10.7 Å². The van der Waals surface area contributed by atoms with Gasteiger partial charge in [0.25, 0.3) is 5.91 Å². The van der Waals surface area contributed by atoms with Gasteiger partial charge in [-0.2, -0.15) is 0 Å². The van der Waals surface area contributed by atoms with Crippen molar-refractivity contribution < 1.29 is 9.59 Å². The predicted octanol–water partition coefficient (Wildman–Crippen LogP) is 3.22. The molecule has 1 fully saturated rings. The maximum atomic E-state index is 12.7. The number of hydrogen-bond donors (Lipinski definition) is 1. The van der Waals surface area contributed by atoms with Crippen LogP contribution in [0.15, 0.2) is 48.5 Å². The molecule has 4 rings (SSSR count). The molecule has 1 N–H and O–H groups in total. The minimum Gasteiger partial charge on any atom is -0.323 e. The topological polar surface area (TPSA) is 49.4 Å². The number of amides is 2. The molecular weight excluding hydrogens is 320 g/mol. The van der Waals surface area contributed by atoms with Gasteiger partial charge in [-0.15, -0.1) is 11.8 Å². The zero-order valence-electron chi connectivity index (χ0n) is 11.4. The Kier molecular flexibility index (Phi) is 2.96. The fraction of sp³-hybridized carbons (Fsp3) is 0.125. The van der Waals surface area contributed by atoms with Crippen molar-refractivity contribution in [3.05, 3.63) is 59.1 Å². The summed E-state index contributed by atoms with van der Waals surface area (Å²) in [5, 5.41) is 3.47. The van der Waals surface area contributed by atoms with E-state index in [1.807, 2.05) is 24.3 Å². The third-order valence-electron chi connectivity index (χ3n) is 3.90. The normalized spacial score (nSPS) is 23.0. The van der Waals surface area contributed by atoms with E-state index in [4.69, 9.17) is 11.6 Å². The second-order valence-corrected chi connectivity index (χ2v) is 6.74. The average Bonchev–Trinajstić information content (AvgIpc) is 3.00. The van der Waals surface area contributed by atoms with Crippen molar-refractivity contribution in [2.75, 3.05) is 16.0 Å². The van der Waals surface area contributed by atoms with Crippen LogP contribution in [0.1, 0.15) is 5.56 Å². The van der Waals surface area contributed by atoms with E-state index in [0.717, 1.165) is 11.3 Å². The summed E-state index contributed by atoms with van der Waals surface area (Å²) in [4.78, 5) is 25.7. The number of rotatable bonds is 1. The molecule has 110 valence electrons. The largest absolute Gasteiger partial charge is 0.323 e. The Labute approximate surface area is 136 Å². The monoisotopic (exact) mass is 330 g/mol. The second-order valence-electron chi connectivity index (χ2n) is 5.14. The van der Waals surface area contributed by atoms with E-state index in [2.05, 4.69) is 5.32 Å². The molecule has 0 saturated carbocycles. The number of carbonyl (C=O) groups excluding carboxylic acids is 2. The first kappa shape index (κ1) is 13.7. The van der Waals surface area contributed by atoms with E-state index in [1.54, 1.807) is 29.2 Å². The highest BCUT2D eigenvalue weighted by atomic mass is 35.5. The first-order valence-electron chi connectivity index (χ1n) is 6.76. The van der Waals surface area contributed by atoms with Gasteiger partial charge in [-0.05, 0) is 30.3 Å². The number of carbonyl (C=O) groups is 2. The Morgan fingerprint density at radius 3 is 2.59 bits per heavy atom. The molecule has 22 heavy (non-hydrogen) atoms. The van der Waals surface area contributed by atoms with Crippen molar-refractivity contribution in [2.45, 2.75) is 4.87 Å². The van der Waals surface area contributed by atoms with Crippen molar-refractivity contribution in [1.29, 1.82) is 0 Å². The van der Waals surface area contributed by atoms with E-state index < -0.39 is 4.87 Å². The van der Waals surface area contributed by atoms with E-state index >= 15 is 0 Å². The first-order chi connectivity index (χ1) is 10.6. The van der Waals surface area contributed by atoms with Gasteiger partial charge < -0.3 is 5.32 Å². The van der Waals surface area contributed by atoms with Gasteiger partial charge in [0, 0.05) is 22.0 Å². The smallest absolute Gasteiger partial charge is 0.266 e. The number of halogens is 1. The first-order valence-corrected chi connectivity index (χ1v) is 8.13. The zero-order valence-corrected chi connectivity index (χ0v) is 12.9. The molecule has 6 heteroatoms. The molecule has 0 aromatic heterocycles. The number of fused-ring (bicyclic) bond motifs is 2. The molecule has 1 saturated heterocycles. The molecule has 0 unspecified atom stereocenters. The van der Waals surface area contributed by atoms with Crippen molar-refractivity contribution >= 4 is 46.6 Å². The standard InChI is InChI=1S/C16H11ClN2O2S/c17-10-5-7-11(8-6-10)19-14(20)9-22-16(19)12-3-1-2-4-13(12)18-15(16)21/h1-8H,9H2,(H,18,21)/t16-/m1/s1. The van der Waals surface area contributed by atoms with Crippen LogP contribution in [-0.4, -0.2) is 17.6 Å². The van der Waals surface area contributed by atoms with Gasteiger partial charge in [0.1, 0.15) is 0 Å². The van der Waals surface area contributed by atoms with Crippen LogP contribution in [-0.2, 0) is 14.5 Å². The van der Waals surface area contributed by atoms with Crippen LogP contribution >= 0.6 is 23.4 Å². The Bertz CT molecular complexity index is 793. The third kappa shape index (κ3) is 1.72. The van der Waals surface area contributed by atoms with Gasteiger partial charge >= 0.3 is 0 Å². The molecule has 4 nitrogen and oxygen atoms in total. The molecular formula is C16H11ClN2O2S. The summed E-state index contributed by atoms with van der Waals surface area (Å²) in [6.07, 6.45) is 0. The Morgan fingerprint density at radius 2 is 1.82 bits per heavy atom. The zero-order chi connectivity index (χ0) is 15.3. The lowest BCUT2D eigenvalue weighted by Gasteiger charge is -2.32. The quantitative estimate of drug-likeness (QED) is 0.873. The molecule has 0 bridgehead atoms. The second kappa shape index (κ2) is 4.76. The van der Waals surface area contributed by atoms with Crippen LogP contribution < -0.4 is 10.2 Å². The molecule has 2 amide bonds. The number of hydrogen-bond acceptors (Lipinski definition) is 3. The van der Waals surface area contributed by atoms with Crippen molar-refractivity contribution in [3.8, 4) is 0 Å². The summed E-state index contributed by atoms with van der Waals surface area (Å²) < 4.78 is 0. The van der Waals surface area contributed by atoms with Crippen molar-refractivity contribution in [2.24, 2.45) is 0 Å². The molecule has 2 aromatic carbocycles. The number of benzene rings is 2. The summed E-state index contributed by atoms with van der Waals surface area (Å²) in [7, 11) is 0. The maximum absolute atomic E-state index is 12.7. The van der Waals surface area contributed by atoms with Crippen LogP contribution in [0.5, 0.6) is 0 Å². The fourth-order valence-corrected chi connectivity index (χ4v) is 4.41. The molecule has 0 radical (unpaired) electrons. The molecule has 2 aromatic rings. The molecule has 2 heterocycles. The molecule has 2 aliphatic rings. The highest BCUT2D eigenvalue weighted by Gasteiger charge is 2.58. The summed E-state index contributed by atoms with van der Waals surface area (Å²) in [5.74, 6) is 0.00312. The van der Waals surface area contributed by atoms with Gasteiger partial charge in [0.05, 0.1) is 5.75 Å². The van der Waals surface area contributed by atoms with Gasteiger partial charge in [-0.1, -0.05) is 29.8 Å². The Balaban J connectivity index is 1.92. The molecule has 0 aliphatic carbocycles. The van der Waals surface area contributed by atoms with Crippen LogP contribution in [0.2, 0.25) is 5.02 Å². The van der Waals surface area contributed by atoms with E-state index in [-0.39, 0.29) is 17.6 Å². The lowest BCUT2D eigenvalue weighted by molar-refractivity contribution is -0.122. The summed E-state index contributed by atoms with van der Waals surface area (Å²) in [6, 6.07) is 14.5. The SMILES string of the molecule is O=C1CS[C@]2(C(=O)Nc3ccccc32)N1c1ccc(Cl)cc1. The van der Waals surface area contributed by atoms with Crippen molar-refractivity contribution in [1.82, 2.24) is 0 Å². The summed E-state index contributed by atoms with van der Waals surface area (Å²) >= 11 is 7.28. The number of thioether (sulfide) groups is 1. The van der Waals surface area contributed by atoms with Crippen LogP contribution in [0, 0.1) is 0 Å². The number of anilines is 2. The molecule has 2 aliphatic heterocycles. The predicted molar refractivity (Wildman–Crippen MR) is 88.1 cm³/mol. The van der Waals surface area contributed by atoms with Gasteiger partial charge in [-0.3, -0.25) is 14.5 Å². The number of para-hydroxylation sites is 1. The Hall–Kier alpha value is -1.98. The van der Waals surface area contributed by atoms with Crippen LogP contribution in [0.3, 0.4) is 0 Å². The minimum absolute atomic E-state index is 0.0841. The number of nitrogens with zero attached hydrogens (tertiary/aromatic N) is 1. The highest BCUT2D eigenvalue weighted by Crippen LogP contribution is 2.53. The van der Waals surface area contributed by atoms with Gasteiger partial charge in [-0.25, -0.2) is 0 Å². The van der Waals surface area contributed by atoms with Crippen molar-refractivity contribution in [3.63, 3.8) is 0 Å². The van der Waals surface area contributed by atoms with Gasteiger partial charge in [0.2, 0.25) is 10.8 Å². The third-order valence-corrected chi connectivity index (χ3v) is 5.55.